The maximum atomic E-state index is 12.9. The van der Waals surface area contributed by atoms with Gasteiger partial charge in [0.1, 0.15) is 11.7 Å². The van der Waals surface area contributed by atoms with Crippen LogP contribution in [0.1, 0.15) is 31.2 Å². The molecule has 3 nitrogen and oxygen atoms in total. The summed E-state index contributed by atoms with van der Waals surface area (Å²) in [6.45, 7) is 0. The van der Waals surface area contributed by atoms with Crippen molar-refractivity contribution in [3.63, 3.8) is 0 Å². The zero-order valence-corrected chi connectivity index (χ0v) is 11.7. The Balaban J connectivity index is 2.16. The highest BCUT2D eigenvalue weighted by Gasteiger charge is 2.36. The molecular weight excluding hydrogens is 325 g/mol. The van der Waals surface area contributed by atoms with Crippen LogP contribution in [0.4, 0.5) is 13.2 Å². The molecule has 1 aliphatic carbocycles. The van der Waals surface area contributed by atoms with E-state index in [-0.39, 0.29) is 22.5 Å². The van der Waals surface area contributed by atoms with Crippen molar-refractivity contribution in [3.05, 3.63) is 22.3 Å². The van der Waals surface area contributed by atoms with Crippen molar-refractivity contribution in [1.29, 1.82) is 0 Å². The molecular formula is C12H14BrF3N2O. The molecule has 0 saturated heterocycles. The second kappa shape index (κ2) is 5.66. The number of alkyl halides is 3. The Bertz CT molecular complexity index is 445. The number of nitrogens with zero attached hydrogens (tertiary/aromatic N) is 1. The molecule has 0 aromatic carbocycles. The minimum atomic E-state index is -4.48. The Morgan fingerprint density at radius 3 is 2.47 bits per heavy atom. The number of hydrogen-bond donors (Lipinski definition) is 1. The molecule has 19 heavy (non-hydrogen) atoms. The van der Waals surface area contributed by atoms with Crippen LogP contribution in [0.15, 0.2) is 16.7 Å². The summed E-state index contributed by atoms with van der Waals surface area (Å²) in [5.41, 5.74) is 4.90. The quantitative estimate of drug-likeness (QED) is 0.897. The smallest absolute Gasteiger partial charge is 0.421 e. The third kappa shape index (κ3) is 3.82. The topological polar surface area (TPSA) is 48.1 Å². The first kappa shape index (κ1) is 14.6. The predicted octanol–water partition coefficient (Wildman–Crippen LogP) is 3.51. The molecule has 7 heteroatoms. The molecule has 1 aliphatic rings. The Morgan fingerprint density at radius 2 is 1.89 bits per heavy atom. The second-order valence-corrected chi connectivity index (χ2v) is 5.57. The number of aromatic nitrogens is 1. The summed E-state index contributed by atoms with van der Waals surface area (Å²) < 4.78 is 44.3. The van der Waals surface area contributed by atoms with Gasteiger partial charge in [-0.15, -0.1) is 0 Å². The fourth-order valence-corrected chi connectivity index (χ4v) is 2.42. The lowest BCUT2D eigenvalue weighted by Gasteiger charge is -2.27. The highest BCUT2D eigenvalue weighted by molar-refractivity contribution is 9.10. The molecule has 0 unspecified atom stereocenters. The first-order valence-corrected chi connectivity index (χ1v) is 6.80. The normalized spacial score (nSPS) is 24.3. The summed E-state index contributed by atoms with van der Waals surface area (Å²) in [4.78, 5) is 3.74. The highest BCUT2D eigenvalue weighted by Crippen LogP contribution is 2.37. The van der Waals surface area contributed by atoms with Crippen molar-refractivity contribution in [2.45, 2.75) is 44.0 Å². The van der Waals surface area contributed by atoms with E-state index in [9.17, 15) is 13.2 Å². The lowest BCUT2D eigenvalue weighted by atomic mass is 9.94. The Labute approximate surface area is 117 Å². The minimum absolute atomic E-state index is 0.125. The van der Waals surface area contributed by atoms with E-state index in [1.165, 1.54) is 6.20 Å². The van der Waals surface area contributed by atoms with Crippen molar-refractivity contribution in [2.75, 3.05) is 0 Å². The zero-order chi connectivity index (χ0) is 14.0. The summed E-state index contributed by atoms with van der Waals surface area (Å²) in [7, 11) is 0. The lowest BCUT2D eigenvalue weighted by Crippen LogP contribution is -2.32. The summed E-state index contributed by atoms with van der Waals surface area (Å²) >= 11 is 2.99. The second-order valence-electron chi connectivity index (χ2n) is 4.66. The van der Waals surface area contributed by atoms with Crippen molar-refractivity contribution in [2.24, 2.45) is 5.73 Å². The number of hydrogen-bond acceptors (Lipinski definition) is 3. The van der Waals surface area contributed by atoms with Gasteiger partial charge in [-0.05, 0) is 47.7 Å². The van der Waals surface area contributed by atoms with E-state index in [0.717, 1.165) is 18.9 Å². The molecule has 2 rings (SSSR count). The Hall–Kier alpha value is -0.820. The maximum absolute atomic E-state index is 12.9. The van der Waals surface area contributed by atoms with Gasteiger partial charge in [0.2, 0.25) is 5.88 Å². The number of pyridine rings is 1. The van der Waals surface area contributed by atoms with E-state index in [1.54, 1.807) is 0 Å². The first-order valence-electron chi connectivity index (χ1n) is 6.01. The van der Waals surface area contributed by atoms with Crippen LogP contribution in [0.25, 0.3) is 0 Å². The largest absolute Gasteiger partial charge is 0.474 e. The van der Waals surface area contributed by atoms with Crippen LogP contribution in [0.2, 0.25) is 0 Å². The van der Waals surface area contributed by atoms with Gasteiger partial charge in [0.15, 0.2) is 0 Å². The van der Waals surface area contributed by atoms with Gasteiger partial charge < -0.3 is 10.5 Å². The van der Waals surface area contributed by atoms with E-state index in [4.69, 9.17) is 10.5 Å². The van der Waals surface area contributed by atoms with Crippen LogP contribution >= 0.6 is 15.9 Å². The molecule has 0 radical (unpaired) electrons. The molecule has 2 N–H and O–H groups in total. The van der Waals surface area contributed by atoms with Crippen molar-refractivity contribution < 1.29 is 17.9 Å². The number of ether oxygens (including phenoxy) is 1. The van der Waals surface area contributed by atoms with Gasteiger partial charge in [0.25, 0.3) is 0 Å². The molecule has 0 spiro atoms. The van der Waals surface area contributed by atoms with E-state index < -0.39 is 11.7 Å². The van der Waals surface area contributed by atoms with Crippen LogP contribution < -0.4 is 10.5 Å². The molecule has 1 saturated carbocycles. The molecule has 0 aliphatic heterocycles. The molecule has 0 atom stereocenters. The number of halogens is 4. The lowest BCUT2D eigenvalue weighted by molar-refractivity contribution is -0.139. The number of rotatable bonds is 2. The van der Waals surface area contributed by atoms with Crippen LogP contribution in [0.3, 0.4) is 0 Å². The minimum Gasteiger partial charge on any atom is -0.474 e. The van der Waals surface area contributed by atoms with Gasteiger partial charge in [-0.25, -0.2) is 4.98 Å². The summed E-state index contributed by atoms with van der Waals surface area (Å²) in [6, 6.07) is 1.11. The highest BCUT2D eigenvalue weighted by atomic mass is 79.9. The standard InChI is InChI=1S/C12H14BrF3N2O/c13-7-5-10(12(14,15)16)11(18-6-7)19-9-3-1-8(17)2-4-9/h5-6,8-9H,1-4,17H2. The molecule has 1 aromatic rings. The van der Waals surface area contributed by atoms with Crippen LogP contribution in [-0.4, -0.2) is 17.1 Å². The van der Waals surface area contributed by atoms with Crippen molar-refractivity contribution >= 4 is 15.9 Å². The van der Waals surface area contributed by atoms with Crippen LogP contribution in [0, 0.1) is 0 Å². The van der Waals surface area contributed by atoms with Gasteiger partial charge >= 0.3 is 6.18 Å². The average Bonchev–Trinajstić information content (AvgIpc) is 2.33. The van der Waals surface area contributed by atoms with E-state index >= 15 is 0 Å². The van der Waals surface area contributed by atoms with E-state index in [1.807, 2.05) is 0 Å². The average molecular weight is 339 g/mol. The summed E-state index contributed by atoms with van der Waals surface area (Å²) in [6.07, 6.45) is -0.553. The molecule has 106 valence electrons. The summed E-state index contributed by atoms with van der Waals surface area (Å²) in [5, 5.41) is 0. The number of nitrogens with two attached hydrogens (primary N) is 1. The monoisotopic (exact) mass is 338 g/mol. The molecule has 0 bridgehead atoms. The van der Waals surface area contributed by atoms with Gasteiger partial charge in [0.05, 0.1) is 0 Å². The molecule has 1 fully saturated rings. The van der Waals surface area contributed by atoms with Gasteiger partial charge in [0, 0.05) is 16.7 Å². The van der Waals surface area contributed by atoms with Crippen LogP contribution in [0.5, 0.6) is 5.88 Å². The maximum Gasteiger partial charge on any atom is 0.421 e. The fourth-order valence-electron chi connectivity index (χ4n) is 2.09. The van der Waals surface area contributed by atoms with E-state index in [0.29, 0.717) is 12.8 Å². The zero-order valence-electron chi connectivity index (χ0n) is 10.1. The first-order chi connectivity index (χ1) is 8.86. The Morgan fingerprint density at radius 1 is 1.26 bits per heavy atom. The SMILES string of the molecule is NC1CCC(Oc2ncc(Br)cc2C(F)(F)F)CC1. The van der Waals surface area contributed by atoms with Gasteiger partial charge in [-0.2, -0.15) is 13.2 Å². The molecule has 0 amide bonds. The molecule has 1 aromatic heterocycles. The van der Waals surface area contributed by atoms with Crippen molar-refractivity contribution in [1.82, 2.24) is 4.98 Å². The fraction of sp³-hybridized carbons (Fsp3) is 0.583. The summed E-state index contributed by atoms with van der Waals surface area (Å²) in [5.74, 6) is -0.351. The Kier molecular flexibility index (Phi) is 4.35. The van der Waals surface area contributed by atoms with Gasteiger partial charge in [-0.1, -0.05) is 0 Å². The third-order valence-electron chi connectivity index (χ3n) is 3.12. The van der Waals surface area contributed by atoms with Crippen molar-refractivity contribution in [3.8, 4) is 5.88 Å². The third-order valence-corrected chi connectivity index (χ3v) is 3.55. The molecule has 1 heterocycles. The van der Waals surface area contributed by atoms with E-state index in [2.05, 4.69) is 20.9 Å². The van der Waals surface area contributed by atoms with Gasteiger partial charge in [-0.3, -0.25) is 0 Å². The van der Waals surface area contributed by atoms with Crippen LogP contribution in [-0.2, 0) is 6.18 Å². The predicted molar refractivity (Wildman–Crippen MR) is 67.8 cm³/mol.